The first kappa shape index (κ1) is 7.35. The molecule has 0 aliphatic carbocycles. The Morgan fingerprint density at radius 3 is 2.60 bits per heavy atom. The van der Waals surface area contributed by atoms with Crippen molar-refractivity contribution in [1.29, 1.82) is 0 Å². The smallest absolute Gasteiger partial charge is 0.0642 e. The molecule has 0 saturated carbocycles. The van der Waals surface area contributed by atoms with Gasteiger partial charge in [0, 0.05) is 13.1 Å². The fraction of sp³-hybridized carbons (Fsp3) is 0.500. The summed E-state index contributed by atoms with van der Waals surface area (Å²) in [5, 5.41) is 0. The van der Waals surface area contributed by atoms with E-state index in [2.05, 4.69) is 17.7 Å². The summed E-state index contributed by atoms with van der Waals surface area (Å²) >= 11 is 0. The largest absolute Gasteiger partial charge is 0.378 e. The number of hydrogen-bond acceptors (Lipinski definition) is 2. The normalized spacial score (nSPS) is 19.8. The molecule has 56 valence electrons. The average Bonchev–Trinajstić information content (AvgIpc) is 2.03. The Morgan fingerprint density at radius 1 is 1.30 bits per heavy atom. The van der Waals surface area contributed by atoms with E-state index in [0.29, 0.717) is 0 Å². The molecular weight excluding hydrogens is 126 g/mol. The van der Waals surface area contributed by atoms with Crippen molar-refractivity contribution in [2.45, 2.75) is 0 Å². The molecule has 0 aromatic heterocycles. The Bertz CT molecular complexity index is 125. The average molecular weight is 139 g/mol. The lowest BCUT2D eigenvalue weighted by atomic mass is 10.4. The van der Waals surface area contributed by atoms with Gasteiger partial charge in [0.25, 0.3) is 0 Å². The van der Waals surface area contributed by atoms with Crippen LogP contribution in [0.4, 0.5) is 0 Å². The van der Waals surface area contributed by atoms with Gasteiger partial charge < -0.3 is 9.64 Å². The van der Waals surface area contributed by atoms with Crippen LogP contribution in [-0.4, -0.2) is 31.2 Å². The van der Waals surface area contributed by atoms with E-state index >= 15 is 0 Å². The van der Waals surface area contributed by atoms with Crippen molar-refractivity contribution in [2.75, 3.05) is 26.3 Å². The van der Waals surface area contributed by atoms with E-state index in [-0.39, 0.29) is 0 Å². The SMILES string of the molecule is C=C/C=C/N1CCOCC1. The molecule has 0 bridgehead atoms. The van der Waals surface area contributed by atoms with Gasteiger partial charge in [-0.05, 0) is 12.3 Å². The number of morpholine rings is 1. The van der Waals surface area contributed by atoms with Crippen molar-refractivity contribution in [3.8, 4) is 0 Å². The summed E-state index contributed by atoms with van der Waals surface area (Å²) < 4.78 is 5.18. The third kappa shape index (κ3) is 2.23. The van der Waals surface area contributed by atoms with Gasteiger partial charge in [-0.25, -0.2) is 0 Å². The molecule has 0 amide bonds. The Morgan fingerprint density at radius 2 is 2.00 bits per heavy atom. The van der Waals surface area contributed by atoms with Crippen LogP contribution in [0.5, 0.6) is 0 Å². The molecule has 1 rings (SSSR count). The Labute approximate surface area is 61.8 Å². The summed E-state index contributed by atoms with van der Waals surface area (Å²) in [5.74, 6) is 0. The molecule has 1 fully saturated rings. The van der Waals surface area contributed by atoms with Crippen LogP contribution in [-0.2, 0) is 4.74 Å². The van der Waals surface area contributed by atoms with E-state index in [9.17, 15) is 0 Å². The quantitative estimate of drug-likeness (QED) is 0.529. The topological polar surface area (TPSA) is 12.5 Å². The fourth-order valence-corrected chi connectivity index (χ4v) is 0.909. The molecule has 0 unspecified atom stereocenters. The van der Waals surface area contributed by atoms with Gasteiger partial charge in [-0.15, -0.1) is 0 Å². The maximum Gasteiger partial charge on any atom is 0.0642 e. The Hall–Kier alpha value is -0.760. The first-order valence-corrected chi connectivity index (χ1v) is 3.54. The maximum atomic E-state index is 5.18. The summed E-state index contributed by atoms with van der Waals surface area (Å²) in [5.41, 5.74) is 0. The minimum absolute atomic E-state index is 0.849. The summed E-state index contributed by atoms with van der Waals surface area (Å²) in [6, 6.07) is 0. The van der Waals surface area contributed by atoms with E-state index in [4.69, 9.17) is 4.74 Å². The van der Waals surface area contributed by atoms with Crippen LogP contribution in [0.1, 0.15) is 0 Å². The minimum Gasteiger partial charge on any atom is -0.378 e. The van der Waals surface area contributed by atoms with Crippen molar-refractivity contribution in [1.82, 2.24) is 4.90 Å². The summed E-state index contributed by atoms with van der Waals surface area (Å²) in [4.78, 5) is 2.23. The van der Waals surface area contributed by atoms with Crippen LogP contribution in [0, 0.1) is 0 Å². The van der Waals surface area contributed by atoms with E-state index < -0.39 is 0 Å². The first-order valence-electron chi connectivity index (χ1n) is 3.54. The van der Waals surface area contributed by atoms with Crippen LogP contribution in [0.25, 0.3) is 0 Å². The molecule has 1 aliphatic rings. The lowest BCUT2D eigenvalue weighted by molar-refractivity contribution is 0.0594. The van der Waals surface area contributed by atoms with Crippen molar-refractivity contribution >= 4 is 0 Å². The molecule has 1 heterocycles. The zero-order valence-electron chi connectivity index (χ0n) is 6.12. The molecular formula is C8H13NO. The third-order valence-electron chi connectivity index (χ3n) is 1.48. The molecule has 1 aliphatic heterocycles. The Balaban J connectivity index is 2.25. The summed E-state index contributed by atoms with van der Waals surface area (Å²) in [7, 11) is 0. The van der Waals surface area contributed by atoms with Gasteiger partial charge in [-0.3, -0.25) is 0 Å². The highest BCUT2D eigenvalue weighted by Crippen LogP contribution is 1.96. The molecule has 0 aromatic rings. The van der Waals surface area contributed by atoms with Crippen molar-refractivity contribution < 1.29 is 4.74 Å². The lowest BCUT2D eigenvalue weighted by Gasteiger charge is -2.24. The first-order chi connectivity index (χ1) is 4.93. The van der Waals surface area contributed by atoms with E-state index in [1.54, 1.807) is 6.08 Å². The molecule has 0 spiro atoms. The van der Waals surface area contributed by atoms with Crippen LogP contribution >= 0.6 is 0 Å². The fourth-order valence-electron chi connectivity index (χ4n) is 0.909. The number of allylic oxidation sites excluding steroid dienone is 2. The Kier molecular flexibility index (Phi) is 3.03. The van der Waals surface area contributed by atoms with Gasteiger partial charge >= 0.3 is 0 Å². The number of nitrogens with zero attached hydrogens (tertiary/aromatic N) is 1. The second-order valence-corrected chi connectivity index (χ2v) is 2.23. The second-order valence-electron chi connectivity index (χ2n) is 2.23. The molecule has 0 radical (unpaired) electrons. The van der Waals surface area contributed by atoms with Crippen LogP contribution in [0.2, 0.25) is 0 Å². The summed E-state index contributed by atoms with van der Waals surface area (Å²) in [6.45, 7) is 7.31. The van der Waals surface area contributed by atoms with Crippen molar-refractivity contribution in [2.24, 2.45) is 0 Å². The predicted molar refractivity (Wildman–Crippen MR) is 41.7 cm³/mol. The van der Waals surface area contributed by atoms with Gasteiger partial charge in [-0.2, -0.15) is 0 Å². The zero-order chi connectivity index (χ0) is 7.23. The second kappa shape index (κ2) is 4.12. The standard InChI is InChI=1S/C8H13NO/c1-2-3-4-9-5-7-10-8-6-9/h2-4H,1,5-8H2/b4-3+. The number of ether oxygens (including phenoxy) is 1. The minimum atomic E-state index is 0.849. The monoisotopic (exact) mass is 139 g/mol. The molecule has 10 heavy (non-hydrogen) atoms. The van der Waals surface area contributed by atoms with Crippen molar-refractivity contribution in [3.05, 3.63) is 24.9 Å². The number of hydrogen-bond donors (Lipinski definition) is 0. The van der Waals surface area contributed by atoms with Gasteiger partial charge in [0.1, 0.15) is 0 Å². The van der Waals surface area contributed by atoms with Crippen LogP contribution in [0.3, 0.4) is 0 Å². The molecule has 2 nitrogen and oxygen atoms in total. The maximum absolute atomic E-state index is 5.18. The van der Waals surface area contributed by atoms with Crippen molar-refractivity contribution in [3.63, 3.8) is 0 Å². The highest BCUT2D eigenvalue weighted by atomic mass is 16.5. The van der Waals surface area contributed by atoms with Crippen LogP contribution < -0.4 is 0 Å². The highest BCUT2D eigenvalue weighted by Gasteiger charge is 2.03. The highest BCUT2D eigenvalue weighted by molar-refractivity contribution is 4.97. The predicted octanol–water partition coefficient (Wildman–Crippen LogP) is 1.02. The van der Waals surface area contributed by atoms with Gasteiger partial charge in [0.15, 0.2) is 0 Å². The molecule has 0 atom stereocenters. The molecule has 1 saturated heterocycles. The van der Waals surface area contributed by atoms with Gasteiger partial charge in [0.05, 0.1) is 13.2 Å². The molecule has 0 aromatic carbocycles. The van der Waals surface area contributed by atoms with Gasteiger partial charge in [-0.1, -0.05) is 12.7 Å². The zero-order valence-corrected chi connectivity index (χ0v) is 6.12. The van der Waals surface area contributed by atoms with Crippen LogP contribution in [0.15, 0.2) is 24.9 Å². The van der Waals surface area contributed by atoms with E-state index in [1.807, 2.05) is 6.08 Å². The van der Waals surface area contributed by atoms with Gasteiger partial charge in [0.2, 0.25) is 0 Å². The van der Waals surface area contributed by atoms with E-state index in [0.717, 1.165) is 26.3 Å². The lowest BCUT2D eigenvalue weighted by Crippen LogP contribution is -2.31. The molecule has 2 heteroatoms. The molecule has 0 N–H and O–H groups in total. The summed E-state index contributed by atoms with van der Waals surface area (Å²) in [6.07, 6.45) is 5.79. The number of rotatable bonds is 2. The van der Waals surface area contributed by atoms with E-state index in [1.165, 1.54) is 0 Å². The third-order valence-corrected chi connectivity index (χ3v) is 1.48.